The van der Waals surface area contributed by atoms with E-state index in [9.17, 15) is 9.59 Å². The Hall–Kier alpha value is -1.26. The van der Waals surface area contributed by atoms with Gasteiger partial charge in [0.2, 0.25) is 5.91 Å². The first-order chi connectivity index (χ1) is 8.80. The Morgan fingerprint density at radius 3 is 2.47 bits per heavy atom. The smallest absolute Gasteiger partial charge is 0.410 e. The van der Waals surface area contributed by atoms with E-state index >= 15 is 0 Å². The van der Waals surface area contributed by atoms with E-state index in [0.717, 1.165) is 13.1 Å². The van der Waals surface area contributed by atoms with Crippen molar-refractivity contribution in [3.05, 3.63) is 0 Å². The SMILES string of the molecule is CCN1C[C@@H]2CN(C(=O)OC(C)(C)C)C[C@H]2CC1=O. The van der Waals surface area contributed by atoms with Gasteiger partial charge in [0, 0.05) is 32.6 Å². The summed E-state index contributed by atoms with van der Waals surface area (Å²) in [7, 11) is 0. The molecule has 2 atom stereocenters. The summed E-state index contributed by atoms with van der Waals surface area (Å²) in [5.41, 5.74) is -0.462. The molecule has 0 unspecified atom stereocenters. The average Bonchev–Trinajstić information content (AvgIpc) is 2.68. The molecule has 5 heteroatoms. The molecular weight excluding hydrogens is 244 g/mol. The van der Waals surface area contributed by atoms with Gasteiger partial charge in [-0.1, -0.05) is 0 Å². The average molecular weight is 268 g/mol. The molecule has 0 aromatic carbocycles. The van der Waals surface area contributed by atoms with Crippen LogP contribution in [0.15, 0.2) is 0 Å². The summed E-state index contributed by atoms with van der Waals surface area (Å²) >= 11 is 0. The normalized spacial score (nSPS) is 27.5. The number of ether oxygens (including phenoxy) is 1. The predicted octanol–water partition coefficient (Wildman–Crippen LogP) is 1.72. The molecule has 2 heterocycles. The van der Waals surface area contributed by atoms with E-state index in [1.165, 1.54) is 0 Å². The third-order valence-electron chi connectivity index (χ3n) is 3.85. The van der Waals surface area contributed by atoms with Crippen molar-refractivity contribution in [3.8, 4) is 0 Å². The Kier molecular flexibility index (Phi) is 3.74. The van der Waals surface area contributed by atoms with Crippen LogP contribution in [0.1, 0.15) is 34.1 Å². The van der Waals surface area contributed by atoms with Crippen molar-refractivity contribution in [2.45, 2.75) is 39.7 Å². The molecule has 0 bridgehead atoms. The van der Waals surface area contributed by atoms with Crippen molar-refractivity contribution in [2.24, 2.45) is 11.8 Å². The number of amides is 2. The van der Waals surface area contributed by atoms with E-state index < -0.39 is 5.60 Å². The maximum absolute atomic E-state index is 12.0. The fraction of sp³-hybridized carbons (Fsp3) is 0.857. The van der Waals surface area contributed by atoms with E-state index in [1.54, 1.807) is 4.90 Å². The van der Waals surface area contributed by atoms with Crippen LogP contribution in [0.25, 0.3) is 0 Å². The minimum absolute atomic E-state index is 0.217. The van der Waals surface area contributed by atoms with E-state index in [2.05, 4.69) is 0 Å². The molecular formula is C14H24N2O3. The first kappa shape index (κ1) is 14.2. The second-order valence-corrected chi connectivity index (χ2v) is 6.54. The van der Waals surface area contributed by atoms with Crippen molar-refractivity contribution in [1.29, 1.82) is 0 Å². The number of likely N-dealkylation sites (tertiary alicyclic amines) is 2. The van der Waals surface area contributed by atoms with Gasteiger partial charge in [-0.05, 0) is 39.5 Å². The van der Waals surface area contributed by atoms with E-state index in [-0.39, 0.29) is 12.0 Å². The Labute approximate surface area is 114 Å². The number of hydrogen-bond donors (Lipinski definition) is 0. The van der Waals surface area contributed by atoms with Gasteiger partial charge in [-0.25, -0.2) is 4.79 Å². The van der Waals surface area contributed by atoms with Crippen LogP contribution in [0.2, 0.25) is 0 Å². The quantitative estimate of drug-likeness (QED) is 0.727. The molecule has 0 N–H and O–H groups in total. The standard InChI is InChI=1S/C14H24N2O3/c1-5-15-8-11-9-16(7-10(11)6-12(15)17)13(18)19-14(2,3)4/h10-11H,5-9H2,1-4H3/t10-,11-/m1/s1. The van der Waals surface area contributed by atoms with Crippen molar-refractivity contribution >= 4 is 12.0 Å². The molecule has 0 saturated carbocycles. The molecule has 108 valence electrons. The molecule has 0 radical (unpaired) electrons. The topological polar surface area (TPSA) is 49.9 Å². The van der Waals surface area contributed by atoms with Crippen LogP contribution in [0.4, 0.5) is 4.79 Å². The highest BCUT2D eigenvalue weighted by atomic mass is 16.6. The fourth-order valence-corrected chi connectivity index (χ4v) is 2.90. The predicted molar refractivity (Wildman–Crippen MR) is 71.7 cm³/mol. The zero-order chi connectivity index (χ0) is 14.2. The molecule has 2 aliphatic heterocycles. The van der Waals surface area contributed by atoms with Gasteiger partial charge in [0.15, 0.2) is 0 Å². The molecule has 2 fully saturated rings. The molecule has 0 aromatic heterocycles. The largest absolute Gasteiger partial charge is 0.444 e. The number of rotatable bonds is 1. The lowest BCUT2D eigenvalue weighted by molar-refractivity contribution is -0.135. The first-order valence-electron chi connectivity index (χ1n) is 7.06. The highest BCUT2D eigenvalue weighted by Gasteiger charge is 2.42. The second-order valence-electron chi connectivity index (χ2n) is 6.54. The molecule has 2 amide bonds. The number of carbonyl (C=O) groups excluding carboxylic acids is 2. The number of piperidine rings is 1. The summed E-state index contributed by atoms with van der Waals surface area (Å²) in [5.74, 6) is 0.933. The molecule has 5 nitrogen and oxygen atoms in total. The van der Waals surface area contributed by atoms with Crippen LogP contribution in [0, 0.1) is 11.8 Å². The van der Waals surface area contributed by atoms with Gasteiger partial charge >= 0.3 is 6.09 Å². The maximum Gasteiger partial charge on any atom is 0.410 e. The Bertz CT molecular complexity index is 375. The summed E-state index contributed by atoms with van der Waals surface area (Å²) in [4.78, 5) is 27.6. The minimum atomic E-state index is -0.462. The van der Waals surface area contributed by atoms with Gasteiger partial charge < -0.3 is 14.5 Å². The Morgan fingerprint density at radius 1 is 1.26 bits per heavy atom. The summed E-state index contributed by atoms with van der Waals surface area (Å²) in [5, 5.41) is 0. The van der Waals surface area contributed by atoms with Gasteiger partial charge in [-0.3, -0.25) is 4.79 Å². The highest BCUT2D eigenvalue weighted by molar-refractivity contribution is 5.78. The van der Waals surface area contributed by atoms with Gasteiger partial charge in [0.1, 0.15) is 5.60 Å². The lowest BCUT2D eigenvalue weighted by Crippen LogP contribution is -2.43. The van der Waals surface area contributed by atoms with Crippen LogP contribution in [-0.2, 0) is 9.53 Å². The molecule has 2 saturated heterocycles. The lowest BCUT2D eigenvalue weighted by Gasteiger charge is -2.33. The number of carbonyl (C=O) groups is 2. The molecule has 0 spiro atoms. The summed E-state index contributed by atoms with van der Waals surface area (Å²) in [6.07, 6.45) is 0.315. The number of hydrogen-bond acceptors (Lipinski definition) is 3. The van der Waals surface area contributed by atoms with Gasteiger partial charge in [-0.15, -0.1) is 0 Å². The summed E-state index contributed by atoms with van der Waals surface area (Å²) in [6.45, 7) is 10.5. The Morgan fingerprint density at radius 2 is 1.89 bits per heavy atom. The van der Waals surface area contributed by atoms with Crippen LogP contribution >= 0.6 is 0 Å². The van der Waals surface area contributed by atoms with E-state index in [1.807, 2.05) is 32.6 Å². The fourth-order valence-electron chi connectivity index (χ4n) is 2.90. The van der Waals surface area contributed by atoms with Crippen molar-refractivity contribution in [3.63, 3.8) is 0 Å². The van der Waals surface area contributed by atoms with Crippen LogP contribution in [0.5, 0.6) is 0 Å². The Balaban J connectivity index is 1.96. The van der Waals surface area contributed by atoms with Crippen molar-refractivity contribution in [1.82, 2.24) is 9.80 Å². The van der Waals surface area contributed by atoms with Gasteiger partial charge in [0.05, 0.1) is 0 Å². The van der Waals surface area contributed by atoms with Gasteiger partial charge in [-0.2, -0.15) is 0 Å². The third kappa shape index (κ3) is 3.19. The van der Waals surface area contributed by atoms with Crippen LogP contribution < -0.4 is 0 Å². The minimum Gasteiger partial charge on any atom is -0.444 e. The third-order valence-corrected chi connectivity index (χ3v) is 3.85. The molecule has 0 aromatic rings. The van der Waals surface area contributed by atoms with Crippen LogP contribution in [-0.4, -0.2) is 53.6 Å². The second kappa shape index (κ2) is 5.02. The van der Waals surface area contributed by atoms with E-state index in [4.69, 9.17) is 4.74 Å². The first-order valence-corrected chi connectivity index (χ1v) is 7.06. The van der Waals surface area contributed by atoms with Gasteiger partial charge in [0.25, 0.3) is 0 Å². The zero-order valence-electron chi connectivity index (χ0n) is 12.3. The molecule has 0 aliphatic carbocycles. The summed E-state index contributed by atoms with van der Waals surface area (Å²) in [6, 6.07) is 0. The lowest BCUT2D eigenvalue weighted by atomic mass is 9.88. The highest BCUT2D eigenvalue weighted by Crippen LogP contribution is 2.32. The molecule has 2 aliphatic rings. The molecule has 19 heavy (non-hydrogen) atoms. The van der Waals surface area contributed by atoms with Crippen molar-refractivity contribution < 1.29 is 14.3 Å². The van der Waals surface area contributed by atoms with Crippen molar-refractivity contribution in [2.75, 3.05) is 26.2 Å². The number of nitrogens with zero attached hydrogens (tertiary/aromatic N) is 2. The number of fused-ring (bicyclic) bond motifs is 1. The zero-order valence-corrected chi connectivity index (χ0v) is 12.3. The van der Waals surface area contributed by atoms with E-state index in [0.29, 0.717) is 31.3 Å². The summed E-state index contributed by atoms with van der Waals surface area (Å²) < 4.78 is 5.40. The maximum atomic E-state index is 12.0. The van der Waals surface area contributed by atoms with Crippen LogP contribution in [0.3, 0.4) is 0 Å². The molecule has 2 rings (SSSR count). The monoisotopic (exact) mass is 268 g/mol.